The number of carbonyl (C=O) groups is 1. The molecular weight excluding hydrogens is 538 g/mol. The van der Waals surface area contributed by atoms with E-state index in [2.05, 4.69) is 20.3 Å². The number of nitrogens with zero attached hydrogens (tertiary/aromatic N) is 4. The number of nitrogens with one attached hydrogen (secondary N) is 1. The molecule has 1 aromatic carbocycles. The smallest absolute Gasteiger partial charge is 0.338 e. The zero-order valence-electron chi connectivity index (χ0n) is 21.0. The number of hydrogen-bond acceptors (Lipinski definition) is 10. The largest absolute Gasteiger partial charge is 0.609 e. The molecule has 4 aromatic rings. The molecule has 4 rings (SSSR count). The van der Waals surface area contributed by atoms with Gasteiger partial charge in [-0.3, -0.25) is 9.78 Å². The average molecular weight is 564 g/mol. The van der Waals surface area contributed by atoms with Crippen LogP contribution in [0.2, 0.25) is 0 Å². The Kier molecular flexibility index (Phi) is 7.46. The quantitative estimate of drug-likeness (QED) is 0.319. The topological polar surface area (TPSA) is 148 Å². The summed E-state index contributed by atoms with van der Waals surface area (Å²) in [7, 11) is -1.32. The van der Waals surface area contributed by atoms with E-state index in [1.165, 1.54) is 27.0 Å². The van der Waals surface area contributed by atoms with Crippen molar-refractivity contribution in [1.29, 1.82) is 0 Å². The van der Waals surface area contributed by atoms with Crippen molar-refractivity contribution in [3.63, 3.8) is 0 Å². The number of imidazole rings is 1. The van der Waals surface area contributed by atoms with Gasteiger partial charge in [-0.25, -0.2) is 4.98 Å². The molecule has 0 aliphatic heterocycles. The zero-order valence-corrected chi connectivity index (χ0v) is 23.4. The molecule has 37 heavy (non-hydrogen) atoms. The molecule has 3 aromatic heterocycles. The highest BCUT2D eigenvalue weighted by atomic mass is 32.2. The molecule has 3 heterocycles. The number of rotatable bonds is 8. The van der Waals surface area contributed by atoms with Crippen LogP contribution in [0, 0.1) is 20.8 Å². The normalized spacial score (nSPS) is 12.5. The van der Waals surface area contributed by atoms with E-state index < -0.39 is 21.2 Å². The number of fused-ring (bicyclic) bond motifs is 1. The number of thiazole rings is 1. The van der Waals surface area contributed by atoms with Crippen molar-refractivity contribution in [2.45, 2.75) is 42.8 Å². The Morgan fingerprint density at radius 1 is 1.19 bits per heavy atom. The summed E-state index contributed by atoms with van der Waals surface area (Å²) in [5.74, 6) is 0.561. The molecule has 11 nitrogen and oxygen atoms in total. The third-order valence-corrected chi connectivity index (χ3v) is 10.2. The van der Waals surface area contributed by atoms with Crippen LogP contribution in [0.5, 0.6) is 11.5 Å². The van der Waals surface area contributed by atoms with Crippen molar-refractivity contribution >= 4 is 54.6 Å². The second-order valence-electron chi connectivity index (χ2n) is 8.13. The Morgan fingerprint density at radius 3 is 2.57 bits per heavy atom. The van der Waals surface area contributed by atoms with E-state index >= 15 is 0 Å². The van der Waals surface area contributed by atoms with Gasteiger partial charge in [-0.1, -0.05) is 11.3 Å². The summed E-state index contributed by atoms with van der Waals surface area (Å²) in [4.78, 5) is 24.5. The first-order valence-electron chi connectivity index (χ1n) is 10.9. The number of hydrogen-bond donors (Lipinski definition) is 1. The minimum Gasteiger partial charge on any atom is -0.609 e. The first kappa shape index (κ1) is 26.9. The van der Waals surface area contributed by atoms with Crippen LogP contribution in [0.15, 0.2) is 33.8 Å². The highest BCUT2D eigenvalue weighted by Gasteiger charge is 2.35. The monoisotopic (exact) mass is 563 g/mol. The van der Waals surface area contributed by atoms with Crippen LogP contribution in [0.3, 0.4) is 0 Å². The van der Waals surface area contributed by atoms with Crippen molar-refractivity contribution in [2.24, 2.45) is 0 Å². The van der Waals surface area contributed by atoms with E-state index in [-0.39, 0.29) is 37.4 Å². The third-order valence-electron chi connectivity index (χ3n) is 5.52. The average Bonchev–Trinajstić information content (AvgIpc) is 3.41. The number of aryl methyl sites for hydroxylation is 2. The standard InChI is InChI=1S/C23H25N5O6S3/c1-12-10-24-18(13(2)20(12)34-6)11-36(30)23-27-17-8-7-16(33-5)9-19(17)28(23)37(31,32)21-14(3)25-22(35-21)26-15(4)29/h7-10H,11H2,1-6H3,(H,25,26,29). The molecule has 196 valence electrons. The van der Waals surface area contributed by atoms with Crippen LogP contribution < -0.4 is 14.8 Å². The fourth-order valence-corrected chi connectivity index (χ4v) is 8.39. The molecular formula is C23H25N5O6S3. The Bertz CT molecular complexity index is 1610. The van der Waals surface area contributed by atoms with E-state index in [0.717, 1.165) is 20.9 Å². The number of benzene rings is 1. The van der Waals surface area contributed by atoms with Crippen LogP contribution in [0.4, 0.5) is 5.13 Å². The highest BCUT2D eigenvalue weighted by molar-refractivity contribution is 7.94. The Morgan fingerprint density at radius 2 is 1.92 bits per heavy atom. The van der Waals surface area contributed by atoms with E-state index in [9.17, 15) is 17.8 Å². The number of ether oxygens (including phenoxy) is 2. The molecule has 1 N–H and O–H groups in total. The first-order valence-corrected chi connectivity index (χ1v) is 14.5. The lowest BCUT2D eigenvalue weighted by atomic mass is 10.1. The number of amides is 1. The van der Waals surface area contributed by atoms with Crippen LogP contribution in [-0.4, -0.2) is 52.0 Å². The van der Waals surface area contributed by atoms with Gasteiger partial charge in [-0.15, -0.1) is 0 Å². The lowest BCUT2D eigenvalue weighted by Crippen LogP contribution is -2.20. The van der Waals surface area contributed by atoms with E-state index in [1.54, 1.807) is 32.4 Å². The Labute approximate surface area is 221 Å². The number of carbonyl (C=O) groups excluding carboxylic acids is 1. The summed E-state index contributed by atoms with van der Waals surface area (Å²) < 4.78 is 53.3. The lowest BCUT2D eigenvalue weighted by molar-refractivity contribution is -0.114. The summed E-state index contributed by atoms with van der Waals surface area (Å²) in [5.41, 5.74) is 2.74. The third kappa shape index (κ3) is 5.01. The Balaban J connectivity index is 1.89. The molecule has 0 saturated carbocycles. The minimum absolute atomic E-state index is 0.0860. The van der Waals surface area contributed by atoms with E-state index in [4.69, 9.17) is 9.47 Å². The van der Waals surface area contributed by atoms with E-state index in [0.29, 0.717) is 28.3 Å². The zero-order chi connectivity index (χ0) is 27.1. The maximum absolute atomic E-state index is 14.0. The van der Waals surface area contributed by atoms with Crippen LogP contribution in [0.25, 0.3) is 11.0 Å². The molecule has 0 saturated heterocycles. The molecule has 0 radical (unpaired) electrons. The fourth-order valence-electron chi connectivity index (χ4n) is 3.83. The molecule has 14 heteroatoms. The summed E-state index contributed by atoms with van der Waals surface area (Å²) >= 11 is -1.11. The lowest BCUT2D eigenvalue weighted by Gasteiger charge is -2.15. The molecule has 0 aliphatic carbocycles. The van der Waals surface area contributed by atoms with Gasteiger partial charge < -0.3 is 19.3 Å². The van der Waals surface area contributed by atoms with Crippen molar-refractivity contribution in [3.05, 3.63) is 46.9 Å². The number of aromatic nitrogens is 4. The van der Waals surface area contributed by atoms with Crippen LogP contribution in [-0.2, 0) is 31.7 Å². The molecule has 0 bridgehead atoms. The van der Waals surface area contributed by atoms with Gasteiger partial charge in [0.25, 0.3) is 10.0 Å². The number of methoxy groups -OCH3 is 2. The van der Waals surface area contributed by atoms with Gasteiger partial charge in [-0.2, -0.15) is 17.4 Å². The molecule has 0 aliphatic rings. The predicted octanol–water partition coefficient (Wildman–Crippen LogP) is 3.33. The molecule has 1 amide bonds. The summed E-state index contributed by atoms with van der Waals surface area (Å²) in [6, 6.07) is 4.76. The van der Waals surface area contributed by atoms with Crippen molar-refractivity contribution < 1.29 is 27.2 Å². The predicted molar refractivity (Wildman–Crippen MR) is 140 cm³/mol. The summed E-state index contributed by atoms with van der Waals surface area (Å²) in [6.07, 6.45) is 1.62. The second kappa shape index (κ2) is 10.3. The Hall–Kier alpha value is -3.20. The maximum Gasteiger partial charge on any atom is 0.338 e. The number of anilines is 1. The maximum atomic E-state index is 14.0. The highest BCUT2D eigenvalue weighted by Crippen LogP contribution is 2.35. The fraction of sp³-hybridized carbons (Fsp3) is 0.304. The SMILES string of the molecule is COc1ccc2nc([S+]([O-])Cc3ncc(C)c(OC)c3C)n(S(=O)(=O)c3sc(NC(C)=O)nc3C)c2c1. The molecule has 0 fully saturated rings. The molecule has 0 spiro atoms. The molecule has 1 unspecified atom stereocenters. The summed E-state index contributed by atoms with van der Waals surface area (Å²) in [6.45, 7) is 6.49. The minimum atomic E-state index is -4.33. The van der Waals surface area contributed by atoms with Gasteiger partial charge in [0, 0.05) is 41.5 Å². The first-order chi connectivity index (χ1) is 17.5. The van der Waals surface area contributed by atoms with Gasteiger partial charge in [0.2, 0.25) is 5.91 Å². The van der Waals surface area contributed by atoms with Crippen LogP contribution in [0.1, 0.15) is 29.4 Å². The van der Waals surface area contributed by atoms with Gasteiger partial charge in [0.1, 0.15) is 11.5 Å². The second-order valence-corrected chi connectivity index (χ2v) is 12.5. The van der Waals surface area contributed by atoms with Crippen molar-refractivity contribution in [3.8, 4) is 11.5 Å². The van der Waals surface area contributed by atoms with Crippen molar-refractivity contribution in [1.82, 2.24) is 18.9 Å². The molecule has 1 atom stereocenters. The van der Waals surface area contributed by atoms with Gasteiger partial charge in [0.05, 0.1) is 36.6 Å². The van der Waals surface area contributed by atoms with Crippen LogP contribution >= 0.6 is 11.3 Å². The van der Waals surface area contributed by atoms with E-state index in [1.807, 2.05) is 6.92 Å². The van der Waals surface area contributed by atoms with Gasteiger partial charge >= 0.3 is 5.16 Å². The van der Waals surface area contributed by atoms with Gasteiger partial charge in [0.15, 0.2) is 15.1 Å². The summed E-state index contributed by atoms with van der Waals surface area (Å²) in [5, 5.41) is 2.48. The van der Waals surface area contributed by atoms with Crippen molar-refractivity contribution in [2.75, 3.05) is 19.5 Å². The number of pyridine rings is 1. The van der Waals surface area contributed by atoms with Gasteiger partial charge in [-0.05, 0) is 32.9 Å².